The molecule has 0 aliphatic carbocycles. The minimum atomic E-state index is -0.537. The lowest BCUT2D eigenvalue weighted by atomic mass is 10.0. The molecule has 0 aliphatic heterocycles. The topological polar surface area (TPSA) is 41.5 Å². The van der Waals surface area contributed by atoms with E-state index in [1.165, 1.54) is 16.7 Å². The minimum Gasteiger partial charge on any atom is -0.491 e. The summed E-state index contributed by atoms with van der Waals surface area (Å²) >= 11 is 0. The second-order valence-electron chi connectivity index (χ2n) is 6.51. The van der Waals surface area contributed by atoms with Crippen molar-refractivity contribution in [2.24, 2.45) is 0 Å². The number of ether oxygens (including phenoxy) is 1. The van der Waals surface area contributed by atoms with Crippen LogP contribution in [0.1, 0.15) is 41.6 Å². The van der Waals surface area contributed by atoms with E-state index in [0.717, 1.165) is 17.7 Å². The second kappa shape index (κ2) is 10.4. The predicted octanol–water partition coefficient (Wildman–Crippen LogP) is 4.51. The molecule has 0 amide bonds. The third kappa shape index (κ3) is 6.69. The lowest BCUT2D eigenvalue weighted by molar-refractivity contribution is 0.103. The molecule has 0 spiro atoms. The van der Waals surface area contributed by atoms with Gasteiger partial charge in [-0.3, -0.25) is 0 Å². The molecule has 25 heavy (non-hydrogen) atoms. The van der Waals surface area contributed by atoms with Crippen LogP contribution in [0, 0.1) is 20.8 Å². The molecular weight excluding hydrogens is 334 g/mol. The van der Waals surface area contributed by atoms with Crippen molar-refractivity contribution < 1.29 is 9.84 Å². The Morgan fingerprint density at radius 1 is 1.00 bits per heavy atom. The van der Waals surface area contributed by atoms with Crippen LogP contribution in [-0.4, -0.2) is 24.4 Å². The molecule has 2 N–H and O–H groups in total. The Morgan fingerprint density at radius 2 is 1.64 bits per heavy atom. The summed E-state index contributed by atoms with van der Waals surface area (Å²) in [5.41, 5.74) is 4.83. The van der Waals surface area contributed by atoms with Crippen molar-refractivity contribution in [3.63, 3.8) is 0 Å². The molecular formula is C21H30ClNO2. The molecule has 2 rings (SSSR count). The van der Waals surface area contributed by atoms with E-state index in [4.69, 9.17) is 4.74 Å². The molecule has 0 aromatic heterocycles. The van der Waals surface area contributed by atoms with Gasteiger partial charge < -0.3 is 15.2 Å². The van der Waals surface area contributed by atoms with E-state index in [-0.39, 0.29) is 18.4 Å². The predicted molar refractivity (Wildman–Crippen MR) is 107 cm³/mol. The van der Waals surface area contributed by atoms with Crippen molar-refractivity contribution in [2.75, 3.05) is 13.2 Å². The summed E-state index contributed by atoms with van der Waals surface area (Å²) in [7, 11) is 0. The highest BCUT2D eigenvalue weighted by Gasteiger charge is 2.12. The molecule has 138 valence electrons. The van der Waals surface area contributed by atoms with E-state index in [9.17, 15) is 5.11 Å². The van der Waals surface area contributed by atoms with Gasteiger partial charge in [-0.25, -0.2) is 0 Å². The van der Waals surface area contributed by atoms with Gasteiger partial charge in [-0.1, -0.05) is 54.4 Å². The van der Waals surface area contributed by atoms with E-state index < -0.39 is 6.10 Å². The van der Waals surface area contributed by atoms with Crippen LogP contribution in [0.5, 0.6) is 5.75 Å². The maximum absolute atomic E-state index is 10.2. The van der Waals surface area contributed by atoms with Crippen molar-refractivity contribution in [1.29, 1.82) is 0 Å². The summed E-state index contributed by atoms with van der Waals surface area (Å²) in [6.45, 7) is 9.13. The SMILES string of the molecule is CCC(NCC(O)COc1ccc(C)cc1C)c1ccc(C)cc1.Cl. The molecule has 0 radical (unpaired) electrons. The van der Waals surface area contributed by atoms with Crippen LogP contribution >= 0.6 is 12.4 Å². The molecule has 4 heteroatoms. The summed E-state index contributed by atoms with van der Waals surface area (Å²) in [4.78, 5) is 0. The fraction of sp³-hybridized carbons (Fsp3) is 0.429. The fourth-order valence-corrected chi connectivity index (χ4v) is 2.78. The van der Waals surface area contributed by atoms with Crippen molar-refractivity contribution in [1.82, 2.24) is 5.32 Å². The van der Waals surface area contributed by atoms with Crippen LogP contribution in [0.3, 0.4) is 0 Å². The zero-order valence-corrected chi connectivity index (χ0v) is 16.4. The highest BCUT2D eigenvalue weighted by atomic mass is 35.5. The number of aryl methyl sites for hydroxylation is 3. The van der Waals surface area contributed by atoms with Crippen LogP contribution in [0.25, 0.3) is 0 Å². The molecule has 2 unspecified atom stereocenters. The van der Waals surface area contributed by atoms with Gasteiger partial charge in [-0.2, -0.15) is 0 Å². The Hall–Kier alpha value is -1.55. The molecule has 0 saturated carbocycles. The van der Waals surface area contributed by atoms with Crippen molar-refractivity contribution in [2.45, 2.75) is 46.3 Å². The smallest absolute Gasteiger partial charge is 0.122 e. The Balaban J connectivity index is 0.00000312. The maximum atomic E-state index is 10.2. The third-order valence-electron chi connectivity index (χ3n) is 4.25. The number of rotatable bonds is 8. The highest BCUT2D eigenvalue weighted by Crippen LogP contribution is 2.19. The lowest BCUT2D eigenvalue weighted by Crippen LogP contribution is -2.33. The highest BCUT2D eigenvalue weighted by molar-refractivity contribution is 5.85. The molecule has 0 fully saturated rings. The van der Waals surface area contributed by atoms with Gasteiger partial charge in [0.25, 0.3) is 0 Å². The van der Waals surface area contributed by atoms with Crippen molar-refractivity contribution in [3.05, 3.63) is 64.7 Å². The minimum absolute atomic E-state index is 0. The maximum Gasteiger partial charge on any atom is 0.122 e. The average molecular weight is 364 g/mol. The quantitative estimate of drug-likeness (QED) is 0.724. The van der Waals surface area contributed by atoms with Crippen molar-refractivity contribution in [3.8, 4) is 5.75 Å². The van der Waals surface area contributed by atoms with Crippen LogP contribution in [0.15, 0.2) is 42.5 Å². The van der Waals surface area contributed by atoms with Gasteiger partial charge in [0.05, 0.1) is 0 Å². The Kier molecular flexibility index (Phi) is 8.98. The van der Waals surface area contributed by atoms with Crippen molar-refractivity contribution >= 4 is 12.4 Å². The molecule has 0 aliphatic rings. The Labute approximate surface area is 157 Å². The van der Waals surface area contributed by atoms with E-state index in [0.29, 0.717) is 13.2 Å². The molecule has 2 atom stereocenters. The van der Waals surface area contributed by atoms with Crippen LogP contribution < -0.4 is 10.1 Å². The summed E-state index contributed by atoms with van der Waals surface area (Å²) in [5.74, 6) is 0.838. The summed E-state index contributed by atoms with van der Waals surface area (Å²) < 4.78 is 5.75. The molecule has 0 heterocycles. The number of aliphatic hydroxyl groups is 1. The molecule has 0 bridgehead atoms. The van der Waals surface area contributed by atoms with Gasteiger partial charge >= 0.3 is 0 Å². The number of hydrogen-bond donors (Lipinski definition) is 2. The summed E-state index contributed by atoms with van der Waals surface area (Å²) in [6.07, 6.45) is 0.443. The summed E-state index contributed by atoms with van der Waals surface area (Å²) in [6, 6.07) is 14.9. The normalized spacial score (nSPS) is 13.0. The number of hydrogen-bond acceptors (Lipinski definition) is 3. The lowest BCUT2D eigenvalue weighted by Gasteiger charge is -2.20. The number of benzene rings is 2. The first-order valence-corrected chi connectivity index (χ1v) is 8.67. The largest absolute Gasteiger partial charge is 0.491 e. The molecule has 2 aromatic carbocycles. The van der Waals surface area contributed by atoms with E-state index in [1.54, 1.807) is 0 Å². The Bertz CT molecular complexity index is 643. The molecule has 2 aromatic rings. The number of aliphatic hydroxyl groups excluding tert-OH is 1. The van der Waals surface area contributed by atoms with E-state index in [1.807, 2.05) is 19.1 Å². The van der Waals surface area contributed by atoms with Gasteiger partial charge in [-0.15, -0.1) is 12.4 Å². The second-order valence-corrected chi connectivity index (χ2v) is 6.51. The fourth-order valence-electron chi connectivity index (χ4n) is 2.78. The van der Waals surface area contributed by atoms with Gasteiger partial charge in [0.2, 0.25) is 0 Å². The standard InChI is InChI=1S/C21H29NO2.ClH/c1-5-20(18-9-6-15(2)7-10-18)22-13-19(23)14-24-21-11-8-16(3)12-17(21)4;/h6-12,19-20,22-23H,5,13-14H2,1-4H3;1H. The number of nitrogens with one attached hydrogen (secondary N) is 1. The van der Waals surface area contributed by atoms with Gasteiger partial charge in [0, 0.05) is 12.6 Å². The van der Waals surface area contributed by atoms with E-state index in [2.05, 4.69) is 56.4 Å². The summed E-state index contributed by atoms with van der Waals surface area (Å²) in [5, 5.41) is 13.6. The number of halogens is 1. The first-order chi connectivity index (χ1) is 11.5. The van der Waals surface area contributed by atoms with Gasteiger partial charge in [0.1, 0.15) is 18.5 Å². The van der Waals surface area contributed by atoms with Crippen LogP contribution in [0.4, 0.5) is 0 Å². The Morgan fingerprint density at radius 3 is 2.24 bits per heavy atom. The first kappa shape index (κ1) is 21.5. The molecule has 3 nitrogen and oxygen atoms in total. The van der Waals surface area contributed by atoms with E-state index >= 15 is 0 Å². The van der Waals surface area contributed by atoms with Crippen LogP contribution in [0.2, 0.25) is 0 Å². The monoisotopic (exact) mass is 363 g/mol. The van der Waals surface area contributed by atoms with Gasteiger partial charge in [0.15, 0.2) is 0 Å². The third-order valence-corrected chi connectivity index (χ3v) is 4.25. The first-order valence-electron chi connectivity index (χ1n) is 8.67. The average Bonchev–Trinajstić information content (AvgIpc) is 2.56. The molecule has 0 saturated heterocycles. The zero-order chi connectivity index (χ0) is 17.5. The van der Waals surface area contributed by atoms with Crippen LogP contribution in [-0.2, 0) is 0 Å². The zero-order valence-electron chi connectivity index (χ0n) is 15.6. The van der Waals surface area contributed by atoms with Gasteiger partial charge in [-0.05, 0) is 44.4 Å².